The Morgan fingerprint density at radius 2 is 1.87 bits per heavy atom. The molecule has 0 spiro atoms. The van der Waals surface area contributed by atoms with Crippen molar-refractivity contribution in [3.05, 3.63) is 70.6 Å². The quantitative estimate of drug-likeness (QED) is 0.488. The van der Waals surface area contributed by atoms with Gasteiger partial charge in [0, 0.05) is 27.2 Å². The first-order chi connectivity index (χ1) is 11.1. The van der Waals surface area contributed by atoms with Gasteiger partial charge in [0.1, 0.15) is 12.1 Å². The summed E-state index contributed by atoms with van der Waals surface area (Å²) in [6.07, 6.45) is 3.86. The summed E-state index contributed by atoms with van der Waals surface area (Å²) in [6.45, 7) is 1.88. The van der Waals surface area contributed by atoms with E-state index in [9.17, 15) is 9.18 Å². The van der Waals surface area contributed by atoms with E-state index in [2.05, 4.69) is 4.98 Å². The molecule has 1 aromatic heterocycles. The highest BCUT2D eigenvalue weighted by Crippen LogP contribution is 2.35. The molecule has 0 aliphatic rings. The first kappa shape index (κ1) is 15.4. The van der Waals surface area contributed by atoms with Gasteiger partial charge < -0.3 is 0 Å². The number of aldehydes is 1. The summed E-state index contributed by atoms with van der Waals surface area (Å²) in [5.74, 6) is -0.299. The predicted octanol–water partition coefficient (Wildman–Crippen LogP) is 5.21. The van der Waals surface area contributed by atoms with Crippen LogP contribution in [-0.4, -0.2) is 11.3 Å². The smallest absolute Gasteiger partial charge is 0.142 e. The van der Waals surface area contributed by atoms with E-state index in [1.54, 1.807) is 24.3 Å². The minimum atomic E-state index is -0.299. The van der Waals surface area contributed by atoms with Gasteiger partial charge in [0.25, 0.3) is 0 Å². The van der Waals surface area contributed by atoms with Gasteiger partial charge in [0.2, 0.25) is 0 Å². The third-order valence-corrected chi connectivity index (χ3v) is 3.88. The Balaban J connectivity index is 2.42. The van der Waals surface area contributed by atoms with Crippen LogP contribution in [0.3, 0.4) is 0 Å². The zero-order valence-corrected chi connectivity index (χ0v) is 13.1. The number of nitrogens with zero attached hydrogens (tertiary/aromatic N) is 1. The normalized spacial score (nSPS) is 11.3. The maximum atomic E-state index is 13.3. The molecule has 0 saturated heterocycles. The maximum absolute atomic E-state index is 13.3. The van der Waals surface area contributed by atoms with Crippen LogP contribution in [0.1, 0.15) is 11.3 Å². The molecule has 2 aromatic carbocycles. The van der Waals surface area contributed by atoms with Gasteiger partial charge >= 0.3 is 0 Å². The van der Waals surface area contributed by atoms with Crippen LogP contribution in [-0.2, 0) is 4.79 Å². The Bertz CT molecular complexity index is 917. The number of allylic oxidation sites excluding steroid dienone is 1. The van der Waals surface area contributed by atoms with Crippen molar-refractivity contribution in [2.45, 2.75) is 6.92 Å². The highest BCUT2D eigenvalue weighted by molar-refractivity contribution is 6.31. The number of hydrogen-bond acceptors (Lipinski definition) is 2. The number of carbonyl (C=O) groups excluding carboxylic acids is 1. The Labute approximate surface area is 138 Å². The summed E-state index contributed by atoms with van der Waals surface area (Å²) >= 11 is 6.14. The molecule has 3 aromatic rings. The minimum Gasteiger partial charge on any atom is -0.299 e. The first-order valence-corrected chi connectivity index (χ1v) is 7.45. The Hall–Kier alpha value is -2.52. The molecule has 3 rings (SSSR count). The highest BCUT2D eigenvalue weighted by atomic mass is 35.5. The van der Waals surface area contributed by atoms with E-state index in [4.69, 9.17) is 11.6 Å². The van der Waals surface area contributed by atoms with E-state index >= 15 is 0 Å². The lowest BCUT2D eigenvalue weighted by Crippen LogP contribution is -1.95. The van der Waals surface area contributed by atoms with Crippen molar-refractivity contribution in [3.63, 3.8) is 0 Å². The number of aromatic nitrogens is 1. The molecule has 0 unspecified atom stereocenters. The molecule has 0 atom stereocenters. The van der Waals surface area contributed by atoms with Crippen LogP contribution in [0.5, 0.6) is 0 Å². The van der Waals surface area contributed by atoms with Crippen molar-refractivity contribution >= 4 is 34.9 Å². The van der Waals surface area contributed by atoms with Crippen LogP contribution in [0.2, 0.25) is 5.02 Å². The summed E-state index contributed by atoms with van der Waals surface area (Å²) < 4.78 is 13.3. The summed E-state index contributed by atoms with van der Waals surface area (Å²) in [7, 11) is 0. The molecule has 0 fully saturated rings. The van der Waals surface area contributed by atoms with Gasteiger partial charge in [0.05, 0.1) is 5.52 Å². The van der Waals surface area contributed by atoms with Gasteiger partial charge in [-0.05, 0) is 55.0 Å². The van der Waals surface area contributed by atoms with Gasteiger partial charge in [0.15, 0.2) is 0 Å². The van der Waals surface area contributed by atoms with Gasteiger partial charge in [-0.25, -0.2) is 4.39 Å². The lowest BCUT2D eigenvalue weighted by atomic mass is 9.94. The van der Waals surface area contributed by atoms with Crippen molar-refractivity contribution in [1.29, 1.82) is 0 Å². The van der Waals surface area contributed by atoms with Crippen LogP contribution in [0.25, 0.3) is 28.1 Å². The second kappa shape index (κ2) is 6.31. The third kappa shape index (κ3) is 3.01. The lowest BCUT2D eigenvalue weighted by Gasteiger charge is -2.14. The van der Waals surface area contributed by atoms with Crippen LogP contribution in [0.15, 0.2) is 48.5 Å². The molecule has 0 bridgehead atoms. The average molecular weight is 326 g/mol. The number of carbonyl (C=O) groups is 1. The molecule has 0 aliphatic heterocycles. The van der Waals surface area contributed by atoms with Crippen molar-refractivity contribution < 1.29 is 9.18 Å². The largest absolute Gasteiger partial charge is 0.299 e. The van der Waals surface area contributed by atoms with Crippen molar-refractivity contribution in [2.24, 2.45) is 0 Å². The number of fused-ring (bicyclic) bond motifs is 1. The second-order valence-electron chi connectivity index (χ2n) is 5.15. The molecule has 4 heteroatoms. The van der Waals surface area contributed by atoms with Gasteiger partial charge in [-0.15, -0.1) is 0 Å². The number of benzene rings is 2. The maximum Gasteiger partial charge on any atom is 0.142 e. The van der Waals surface area contributed by atoms with E-state index < -0.39 is 0 Å². The molecule has 0 radical (unpaired) electrons. The first-order valence-electron chi connectivity index (χ1n) is 7.08. The minimum absolute atomic E-state index is 0.299. The van der Waals surface area contributed by atoms with Gasteiger partial charge in [-0.3, -0.25) is 9.78 Å². The standard InChI is InChI=1S/C19H13ClFNO/c1-12-16(3-2-10-23)19(13-4-7-15(21)8-5-13)17-11-14(20)6-9-18(17)22-12/h2-11H,1H3/b3-2+. The zero-order chi connectivity index (χ0) is 16.4. The lowest BCUT2D eigenvalue weighted by molar-refractivity contribution is -0.104. The van der Waals surface area contributed by atoms with Crippen molar-refractivity contribution in [1.82, 2.24) is 4.98 Å². The molecular weight excluding hydrogens is 313 g/mol. The average Bonchev–Trinajstić information content (AvgIpc) is 2.54. The Morgan fingerprint density at radius 3 is 2.57 bits per heavy atom. The molecule has 2 nitrogen and oxygen atoms in total. The molecule has 1 heterocycles. The number of rotatable bonds is 3. The van der Waals surface area contributed by atoms with Gasteiger partial charge in [-0.2, -0.15) is 0 Å². The number of aryl methyl sites for hydroxylation is 1. The molecular formula is C19H13ClFNO. The molecule has 0 amide bonds. The Kier molecular flexibility index (Phi) is 4.22. The summed E-state index contributed by atoms with van der Waals surface area (Å²) in [5.41, 5.74) is 4.13. The van der Waals surface area contributed by atoms with E-state index in [0.717, 1.165) is 39.6 Å². The zero-order valence-electron chi connectivity index (χ0n) is 12.4. The highest BCUT2D eigenvalue weighted by Gasteiger charge is 2.13. The van der Waals surface area contributed by atoms with E-state index in [0.29, 0.717) is 5.02 Å². The van der Waals surface area contributed by atoms with E-state index in [1.807, 2.05) is 19.1 Å². The van der Waals surface area contributed by atoms with Crippen LogP contribution in [0, 0.1) is 12.7 Å². The van der Waals surface area contributed by atoms with E-state index in [1.165, 1.54) is 18.2 Å². The SMILES string of the molecule is Cc1nc2ccc(Cl)cc2c(-c2ccc(F)cc2)c1/C=C/C=O. The fourth-order valence-electron chi connectivity index (χ4n) is 2.64. The number of hydrogen-bond donors (Lipinski definition) is 0. The topological polar surface area (TPSA) is 30.0 Å². The van der Waals surface area contributed by atoms with Crippen LogP contribution >= 0.6 is 11.6 Å². The number of pyridine rings is 1. The summed E-state index contributed by atoms with van der Waals surface area (Å²) in [4.78, 5) is 15.3. The van der Waals surface area contributed by atoms with Crippen LogP contribution < -0.4 is 0 Å². The second-order valence-corrected chi connectivity index (χ2v) is 5.59. The number of halogens is 2. The molecule has 0 N–H and O–H groups in total. The molecule has 23 heavy (non-hydrogen) atoms. The summed E-state index contributed by atoms with van der Waals surface area (Å²) in [5, 5.41) is 1.46. The monoisotopic (exact) mass is 325 g/mol. The third-order valence-electron chi connectivity index (χ3n) is 3.65. The van der Waals surface area contributed by atoms with Crippen molar-refractivity contribution in [3.8, 4) is 11.1 Å². The fraction of sp³-hybridized carbons (Fsp3) is 0.0526. The van der Waals surface area contributed by atoms with Crippen molar-refractivity contribution in [2.75, 3.05) is 0 Å². The predicted molar refractivity (Wildman–Crippen MR) is 92.0 cm³/mol. The summed E-state index contributed by atoms with van der Waals surface area (Å²) in [6, 6.07) is 11.7. The fourth-order valence-corrected chi connectivity index (χ4v) is 2.81. The van der Waals surface area contributed by atoms with E-state index in [-0.39, 0.29) is 5.82 Å². The molecule has 0 saturated carbocycles. The molecule has 0 aliphatic carbocycles. The molecule has 114 valence electrons. The Morgan fingerprint density at radius 1 is 1.13 bits per heavy atom. The van der Waals surface area contributed by atoms with Gasteiger partial charge in [-0.1, -0.05) is 23.7 Å². The van der Waals surface area contributed by atoms with Crippen LogP contribution in [0.4, 0.5) is 4.39 Å².